The number of aliphatic hydroxyl groups is 1. The maximum atomic E-state index is 7.57. The predicted octanol–water partition coefficient (Wildman–Crippen LogP) is 1.36. The number of hydrogen-bond donors (Lipinski definition) is 1. The van der Waals surface area contributed by atoms with Crippen LogP contribution in [-0.4, -0.2) is 11.7 Å². The minimum atomic E-state index is 0.250. The predicted molar refractivity (Wildman–Crippen MR) is 33.2 cm³/mol. The van der Waals surface area contributed by atoms with Crippen molar-refractivity contribution in [2.45, 2.75) is 6.92 Å². The molecule has 0 atom stereocenters. The number of aliphatic hydroxyl groups excluding tert-OH is 1. The minimum absolute atomic E-state index is 0.250. The van der Waals surface area contributed by atoms with Crippen molar-refractivity contribution in [3.05, 3.63) is 25.3 Å². The average Bonchev–Trinajstić information content (AvgIpc) is 1.69. The molecule has 0 saturated heterocycles. The Morgan fingerprint density at radius 2 is 1.57 bits per heavy atom. The third-order valence-electron chi connectivity index (χ3n) is 0.167. The van der Waals surface area contributed by atoms with E-state index in [2.05, 4.69) is 13.2 Å². The largest absolute Gasteiger partial charge is 0.397 e. The molecule has 0 aromatic carbocycles. The van der Waals surface area contributed by atoms with Crippen LogP contribution in [0, 0.1) is 0 Å². The summed E-state index contributed by atoms with van der Waals surface area (Å²) in [4.78, 5) is 0. The second kappa shape index (κ2) is 18.0. The number of hydrogen-bond acceptors (Lipinski definition) is 1. The Morgan fingerprint density at radius 3 is 1.57 bits per heavy atom. The van der Waals surface area contributed by atoms with Gasteiger partial charge in [0.1, 0.15) is 0 Å². The fraction of sp³-hybridized carbons (Fsp3) is 0.333. The van der Waals surface area contributed by atoms with Crippen LogP contribution in [0.1, 0.15) is 6.92 Å². The van der Waals surface area contributed by atoms with E-state index in [-0.39, 0.29) is 6.61 Å². The molecule has 0 aliphatic carbocycles. The zero-order valence-electron chi connectivity index (χ0n) is 4.72. The van der Waals surface area contributed by atoms with Crippen molar-refractivity contribution in [3.8, 4) is 0 Å². The van der Waals surface area contributed by atoms with E-state index < -0.39 is 0 Å². The molecule has 1 N–H and O–H groups in total. The van der Waals surface area contributed by atoms with Crippen LogP contribution in [0.2, 0.25) is 0 Å². The molecule has 0 amide bonds. The van der Waals surface area contributed by atoms with Crippen LogP contribution in [-0.2, 0) is 0 Å². The summed E-state index contributed by atoms with van der Waals surface area (Å²) in [5, 5.41) is 7.57. The normalized spacial score (nSPS) is 5.43. The maximum absolute atomic E-state index is 7.57. The highest BCUT2D eigenvalue weighted by Gasteiger charge is 1.34. The van der Waals surface area contributed by atoms with Crippen molar-refractivity contribution >= 4 is 0 Å². The van der Waals surface area contributed by atoms with E-state index in [4.69, 9.17) is 5.11 Å². The first-order valence-electron chi connectivity index (χ1n) is 2.17. The van der Waals surface area contributed by atoms with Crippen LogP contribution < -0.4 is 0 Å². The molecule has 0 saturated carbocycles. The van der Waals surface area contributed by atoms with Crippen molar-refractivity contribution in [3.63, 3.8) is 0 Å². The Balaban J connectivity index is 0. The van der Waals surface area contributed by atoms with Gasteiger partial charge in [0.2, 0.25) is 0 Å². The van der Waals surface area contributed by atoms with Gasteiger partial charge in [-0.1, -0.05) is 25.3 Å². The molecular formula is C6H12O. The highest BCUT2D eigenvalue weighted by molar-refractivity contribution is 4.88. The molecule has 0 aromatic heterocycles. The Bertz CT molecular complexity index is 33.4. The van der Waals surface area contributed by atoms with Crippen LogP contribution >= 0.6 is 0 Å². The Kier molecular flexibility index (Phi) is 24.9. The van der Waals surface area contributed by atoms with Gasteiger partial charge in [-0.3, -0.25) is 0 Å². The summed E-state index contributed by atoms with van der Waals surface area (Å²) < 4.78 is 0. The lowest BCUT2D eigenvalue weighted by atomic mass is 10.6. The summed E-state index contributed by atoms with van der Waals surface area (Å²) in [6.07, 6.45) is 3.28. The van der Waals surface area contributed by atoms with Gasteiger partial charge in [0.15, 0.2) is 0 Å². The fourth-order valence-corrected chi connectivity index (χ4v) is 0. The van der Waals surface area contributed by atoms with E-state index in [1.54, 1.807) is 19.1 Å². The summed E-state index contributed by atoms with van der Waals surface area (Å²) in [6.45, 7) is 8.65. The van der Waals surface area contributed by atoms with Gasteiger partial charge in [-0.2, -0.15) is 0 Å². The van der Waals surface area contributed by atoms with E-state index in [0.717, 1.165) is 0 Å². The van der Waals surface area contributed by atoms with Crippen molar-refractivity contribution in [2.75, 3.05) is 6.61 Å². The van der Waals surface area contributed by atoms with Gasteiger partial charge in [0.05, 0.1) is 0 Å². The first-order valence-corrected chi connectivity index (χ1v) is 2.17. The lowest BCUT2D eigenvalue weighted by Gasteiger charge is -1.52. The third-order valence-corrected chi connectivity index (χ3v) is 0.167. The molecule has 7 heavy (non-hydrogen) atoms. The molecule has 0 aliphatic heterocycles. The quantitative estimate of drug-likeness (QED) is 0.493. The van der Waals surface area contributed by atoms with Gasteiger partial charge >= 0.3 is 0 Å². The van der Waals surface area contributed by atoms with Gasteiger partial charge in [0.25, 0.3) is 0 Å². The minimum Gasteiger partial charge on any atom is -0.397 e. The van der Waals surface area contributed by atoms with Crippen LogP contribution in [0.4, 0.5) is 0 Å². The van der Waals surface area contributed by atoms with Gasteiger partial charge in [-0.05, 0) is 6.92 Å². The molecular weight excluding hydrogens is 88.1 g/mol. The highest BCUT2D eigenvalue weighted by Crippen LogP contribution is 1.52. The van der Waals surface area contributed by atoms with Crippen molar-refractivity contribution in [1.82, 2.24) is 0 Å². The van der Waals surface area contributed by atoms with Crippen molar-refractivity contribution < 1.29 is 5.11 Å². The van der Waals surface area contributed by atoms with E-state index >= 15 is 0 Å². The number of rotatable bonds is 1. The molecule has 0 heterocycles. The first kappa shape index (κ1) is 9.67. The van der Waals surface area contributed by atoms with E-state index in [1.807, 2.05) is 0 Å². The third kappa shape index (κ3) is 333. The van der Waals surface area contributed by atoms with Crippen LogP contribution in [0.15, 0.2) is 25.3 Å². The molecule has 0 unspecified atom stereocenters. The van der Waals surface area contributed by atoms with E-state index in [9.17, 15) is 0 Å². The van der Waals surface area contributed by atoms with Crippen molar-refractivity contribution in [1.29, 1.82) is 0 Å². The smallest absolute Gasteiger partial charge is 0.0402 e. The van der Waals surface area contributed by atoms with Gasteiger partial charge in [-0.15, -0.1) is 0 Å². The Hall–Kier alpha value is -0.560. The molecule has 0 rings (SSSR count). The fourth-order valence-electron chi connectivity index (χ4n) is 0. The van der Waals surface area contributed by atoms with Crippen LogP contribution in [0.3, 0.4) is 0 Å². The molecule has 0 radical (unpaired) electrons. The molecule has 1 nitrogen and oxygen atoms in total. The van der Waals surface area contributed by atoms with Gasteiger partial charge in [0, 0.05) is 6.61 Å². The zero-order valence-corrected chi connectivity index (χ0v) is 4.72. The summed E-state index contributed by atoms with van der Waals surface area (Å²) in [5.74, 6) is 0. The molecule has 0 aromatic rings. The molecule has 1 heteroatoms. The molecule has 0 fully saturated rings. The van der Waals surface area contributed by atoms with E-state index in [0.29, 0.717) is 0 Å². The Labute approximate surface area is 45.0 Å². The summed E-state index contributed by atoms with van der Waals surface area (Å²) in [7, 11) is 0. The summed E-state index contributed by atoms with van der Waals surface area (Å²) in [5.41, 5.74) is 0. The zero-order chi connectivity index (χ0) is 6.12. The average molecular weight is 100 g/mol. The first-order chi connectivity index (χ1) is 3.33. The topological polar surface area (TPSA) is 20.2 Å². The maximum Gasteiger partial charge on any atom is 0.0402 e. The SMILES string of the molecule is C=CC=C.CCO. The van der Waals surface area contributed by atoms with E-state index in [1.165, 1.54) is 0 Å². The number of allylic oxidation sites excluding steroid dienone is 2. The molecule has 42 valence electrons. The highest BCUT2D eigenvalue weighted by atomic mass is 16.2. The monoisotopic (exact) mass is 100 g/mol. The molecule has 0 aliphatic rings. The van der Waals surface area contributed by atoms with Crippen LogP contribution in [0.25, 0.3) is 0 Å². The lowest BCUT2D eigenvalue weighted by Crippen LogP contribution is -1.57. The summed E-state index contributed by atoms with van der Waals surface area (Å²) >= 11 is 0. The van der Waals surface area contributed by atoms with Gasteiger partial charge < -0.3 is 5.11 Å². The van der Waals surface area contributed by atoms with Gasteiger partial charge in [-0.25, -0.2) is 0 Å². The van der Waals surface area contributed by atoms with Crippen LogP contribution in [0.5, 0.6) is 0 Å². The Morgan fingerprint density at radius 1 is 1.43 bits per heavy atom. The standard InChI is InChI=1S/C4H6.C2H6O/c1-3-4-2;1-2-3/h3-4H,1-2H2;3H,2H2,1H3. The lowest BCUT2D eigenvalue weighted by molar-refractivity contribution is 0.318. The second-order valence-corrected chi connectivity index (χ2v) is 0.788. The van der Waals surface area contributed by atoms with Crippen molar-refractivity contribution in [2.24, 2.45) is 0 Å². The molecule has 0 spiro atoms. The summed E-state index contributed by atoms with van der Waals surface area (Å²) in [6, 6.07) is 0. The molecule has 0 bridgehead atoms. The second-order valence-electron chi connectivity index (χ2n) is 0.788.